The van der Waals surface area contributed by atoms with Crippen LogP contribution in [0.2, 0.25) is 0 Å². The van der Waals surface area contributed by atoms with Crippen molar-refractivity contribution in [3.05, 3.63) is 88.5 Å². The largest absolute Gasteiger partial charge is 0.471 e. The number of nitrogens with one attached hydrogen (secondary N) is 1. The number of carbonyl (C=O) groups excluding carboxylic acids is 2. The van der Waals surface area contributed by atoms with Crippen LogP contribution in [0, 0.1) is 11.3 Å². The van der Waals surface area contributed by atoms with Crippen molar-refractivity contribution >= 4 is 64.1 Å². The van der Waals surface area contributed by atoms with Crippen LogP contribution in [0.4, 0.5) is 35.9 Å². The van der Waals surface area contributed by atoms with Crippen LogP contribution >= 0.6 is 24.4 Å². The van der Waals surface area contributed by atoms with Crippen molar-refractivity contribution in [2.45, 2.75) is 31.5 Å². The van der Waals surface area contributed by atoms with E-state index in [4.69, 9.17) is 9.73 Å². The summed E-state index contributed by atoms with van der Waals surface area (Å²) in [5.74, 6) is -2.24. The number of carbonyl (C=O) groups is 2. The van der Waals surface area contributed by atoms with Gasteiger partial charge in [0.1, 0.15) is 0 Å². The van der Waals surface area contributed by atoms with E-state index in [2.05, 4.69) is 24.0 Å². The number of nitriles is 1. The Morgan fingerprint density at radius 2 is 1.84 bits per heavy atom. The number of halogens is 3. The molecule has 5 rings (SSSR count). The minimum Gasteiger partial charge on any atom is -0.384 e. The smallest absolute Gasteiger partial charge is 0.384 e. The number of anilines is 3. The lowest BCUT2D eigenvalue weighted by Gasteiger charge is -2.31. The van der Waals surface area contributed by atoms with Crippen LogP contribution in [0.5, 0.6) is 0 Å². The van der Waals surface area contributed by atoms with E-state index in [1.165, 1.54) is 23.9 Å². The molecule has 268 valence electrons. The maximum atomic E-state index is 14.1. The maximum absolute atomic E-state index is 14.1. The Morgan fingerprint density at radius 1 is 1.12 bits per heavy atom. The average Bonchev–Trinajstić information content (AvgIpc) is 3.42. The first-order chi connectivity index (χ1) is 24.4. The number of alkyl halides is 3. The summed E-state index contributed by atoms with van der Waals surface area (Å²) in [5, 5.41) is 13.2. The zero-order valence-corrected chi connectivity index (χ0v) is 30.1. The SMILES string of the molecule is CCNc1ccc(C#N)cc1N=C1S/C(=C(\C)N(C)c2ccc(N(CCN3CCOCC3)C(=O)C(F)(F)F)cc2S)C(=O)N1Cc1ccccc1. The lowest BCUT2D eigenvalue weighted by atomic mass is 10.2. The second-order valence-corrected chi connectivity index (χ2v) is 13.3. The van der Waals surface area contributed by atoms with E-state index in [9.17, 15) is 28.0 Å². The molecular weight excluding hydrogens is 700 g/mol. The quantitative estimate of drug-likeness (QED) is 0.167. The lowest BCUT2D eigenvalue weighted by Crippen LogP contribution is -2.47. The molecule has 10 nitrogen and oxygen atoms in total. The average molecular weight is 738 g/mol. The second-order valence-electron chi connectivity index (χ2n) is 11.8. The Balaban J connectivity index is 1.47. The van der Waals surface area contributed by atoms with Gasteiger partial charge < -0.3 is 19.9 Å². The minimum atomic E-state index is -5.06. The fraction of sp³-hybridized carbons (Fsp3) is 0.333. The van der Waals surface area contributed by atoms with Crippen molar-refractivity contribution in [3.8, 4) is 6.07 Å². The van der Waals surface area contributed by atoms with Gasteiger partial charge in [0, 0.05) is 56.1 Å². The van der Waals surface area contributed by atoms with Crippen molar-refractivity contribution in [2.24, 2.45) is 4.99 Å². The van der Waals surface area contributed by atoms with Crippen molar-refractivity contribution < 1.29 is 27.5 Å². The molecule has 0 atom stereocenters. The van der Waals surface area contributed by atoms with Crippen molar-refractivity contribution in [1.29, 1.82) is 5.26 Å². The van der Waals surface area contributed by atoms with Crippen LogP contribution in [0.25, 0.3) is 0 Å². The Morgan fingerprint density at radius 3 is 2.49 bits per heavy atom. The molecule has 3 aromatic rings. The summed E-state index contributed by atoms with van der Waals surface area (Å²) in [7, 11) is 1.73. The van der Waals surface area contributed by atoms with Crippen molar-refractivity contribution in [3.63, 3.8) is 0 Å². The molecule has 0 aliphatic carbocycles. The number of hydrogen-bond donors (Lipinski definition) is 2. The van der Waals surface area contributed by atoms with Gasteiger partial charge in [-0.15, -0.1) is 12.6 Å². The van der Waals surface area contributed by atoms with Gasteiger partial charge in [0.05, 0.1) is 53.4 Å². The predicted molar refractivity (Wildman–Crippen MR) is 197 cm³/mol. The summed E-state index contributed by atoms with van der Waals surface area (Å²) in [4.78, 5) is 38.2. The summed E-state index contributed by atoms with van der Waals surface area (Å²) in [5.41, 5.74) is 3.68. The van der Waals surface area contributed by atoms with Gasteiger partial charge in [-0.2, -0.15) is 18.4 Å². The first-order valence-electron chi connectivity index (χ1n) is 16.3. The third-order valence-corrected chi connectivity index (χ3v) is 9.98. The molecule has 0 saturated carbocycles. The standard InChI is InChI=1S/C36H38F3N7O3S2/c1-4-41-28-12-10-26(22-40)20-29(28)42-35-46(23-25-8-6-5-7-9-25)33(47)32(51-35)24(2)43(3)30-13-11-27(21-31(30)50)45(34(48)36(37,38)39)15-14-44-16-18-49-19-17-44/h5-13,20-21,41,50H,4,14-19,23H2,1-3H3/b32-24+,42-35?. The van der Waals surface area contributed by atoms with E-state index in [1.807, 2.05) is 42.2 Å². The highest BCUT2D eigenvalue weighted by Crippen LogP contribution is 2.40. The summed E-state index contributed by atoms with van der Waals surface area (Å²) >= 11 is 5.81. The Kier molecular flexibility index (Phi) is 12.4. The maximum Gasteiger partial charge on any atom is 0.471 e. The molecule has 0 bridgehead atoms. The van der Waals surface area contributed by atoms with Crippen LogP contribution in [-0.4, -0.2) is 85.9 Å². The fourth-order valence-corrected chi connectivity index (χ4v) is 7.04. The molecule has 0 spiro atoms. The van der Waals surface area contributed by atoms with Crippen molar-refractivity contribution in [2.75, 3.05) is 68.1 Å². The second kappa shape index (κ2) is 16.7. The number of aliphatic imine (C=N–C) groups is 1. The van der Waals surface area contributed by atoms with Gasteiger partial charge in [-0.05, 0) is 67.6 Å². The number of rotatable bonds is 11. The van der Waals surface area contributed by atoms with Gasteiger partial charge in [-0.3, -0.25) is 19.4 Å². The summed E-state index contributed by atoms with van der Waals surface area (Å²) in [6.07, 6.45) is -5.06. The molecular formula is C36H38F3N7O3S2. The highest BCUT2D eigenvalue weighted by Gasteiger charge is 2.43. The number of amidine groups is 1. The van der Waals surface area contributed by atoms with Crippen LogP contribution < -0.4 is 15.1 Å². The molecule has 0 unspecified atom stereocenters. The van der Waals surface area contributed by atoms with Crippen LogP contribution in [0.15, 0.2) is 87.2 Å². The Hall–Kier alpha value is -4.49. The molecule has 2 heterocycles. The number of nitrogens with zero attached hydrogens (tertiary/aromatic N) is 6. The molecule has 1 N–H and O–H groups in total. The van der Waals surface area contributed by atoms with E-state index in [-0.39, 0.29) is 31.2 Å². The Bertz CT molecular complexity index is 1860. The normalized spacial score (nSPS) is 17.0. The highest BCUT2D eigenvalue weighted by molar-refractivity contribution is 8.18. The van der Waals surface area contributed by atoms with Gasteiger partial charge in [0.25, 0.3) is 5.91 Å². The molecule has 51 heavy (non-hydrogen) atoms. The third-order valence-electron chi connectivity index (χ3n) is 8.45. The minimum absolute atomic E-state index is 0.0592. The van der Waals surface area contributed by atoms with E-state index >= 15 is 0 Å². The summed E-state index contributed by atoms with van der Waals surface area (Å²) in [6.45, 7) is 6.77. The van der Waals surface area contributed by atoms with Crippen LogP contribution in [-0.2, 0) is 20.9 Å². The summed E-state index contributed by atoms with van der Waals surface area (Å²) in [6, 6.07) is 21.3. The number of thioether (sulfide) groups is 1. The van der Waals surface area contributed by atoms with Crippen LogP contribution in [0.3, 0.4) is 0 Å². The lowest BCUT2D eigenvalue weighted by molar-refractivity contribution is -0.170. The topological polar surface area (TPSA) is 105 Å². The van der Waals surface area contributed by atoms with Gasteiger partial charge in [0.15, 0.2) is 5.17 Å². The molecule has 2 fully saturated rings. The zero-order chi connectivity index (χ0) is 36.7. The molecule has 0 aromatic heterocycles. The summed E-state index contributed by atoms with van der Waals surface area (Å²) < 4.78 is 46.4. The first-order valence-corrected chi connectivity index (χ1v) is 17.5. The molecule has 2 amide bonds. The van der Waals surface area contributed by atoms with Gasteiger partial charge in [-0.25, -0.2) is 4.99 Å². The first kappa shape index (κ1) is 37.8. The van der Waals surface area contributed by atoms with Crippen LogP contribution in [0.1, 0.15) is 25.0 Å². The third kappa shape index (κ3) is 9.06. The number of allylic oxidation sites excluding steroid dienone is 1. The van der Waals surface area contributed by atoms with E-state index in [0.717, 1.165) is 10.5 Å². The molecule has 15 heteroatoms. The zero-order valence-electron chi connectivity index (χ0n) is 28.4. The number of ether oxygens (including phenoxy) is 1. The molecule has 2 saturated heterocycles. The number of hydrogen-bond acceptors (Lipinski definition) is 10. The fourth-order valence-electron chi connectivity index (χ4n) is 5.62. The highest BCUT2D eigenvalue weighted by atomic mass is 32.2. The van der Waals surface area contributed by atoms with E-state index in [0.29, 0.717) is 76.1 Å². The molecule has 0 radical (unpaired) electrons. The van der Waals surface area contributed by atoms with Gasteiger partial charge in [-0.1, -0.05) is 30.3 Å². The number of benzene rings is 3. The number of amides is 2. The van der Waals surface area contributed by atoms with Gasteiger partial charge >= 0.3 is 12.1 Å². The number of thiol groups is 1. The monoisotopic (exact) mass is 737 g/mol. The predicted octanol–water partition coefficient (Wildman–Crippen LogP) is 6.64. The van der Waals surface area contributed by atoms with Crippen molar-refractivity contribution in [1.82, 2.24) is 9.80 Å². The molecule has 2 aliphatic heterocycles. The van der Waals surface area contributed by atoms with E-state index in [1.54, 1.807) is 48.0 Å². The molecule has 3 aromatic carbocycles. The molecule has 2 aliphatic rings. The van der Waals surface area contributed by atoms with E-state index < -0.39 is 12.1 Å². The number of morpholine rings is 1. The Labute approximate surface area is 305 Å². The van der Waals surface area contributed by atoms with Gasteiger partial charge in [0.2, 0.25) is 0 Å².